The van der Waals surface area contributed by atoms with Gasteiger partial charge in [-0.05, 0) is 31.4 Å². The van der Waals surface area contributed by atoms with Crippen LogP contribution in [-0.2, 0) is 19.6 Å². The molecule has 5 rings (SSSR count). The Balaban J connectivity index is 1.59. The lowest BCUT2D eigenvalue weighted by atomic mass is 10.1. The number of rotatable bonds is 21. The monoisotopic (exact) mass is 581 g/mol. The van der Waals surface area contributed by atoms with Gasteiger partial charge in [0.1, 0.15) is 0 Å². The van der Waals surface area contributed by atoms with Gasteiger partial charge in [-0.2, -0.15) is 0 Å². The van der Waals surface area contributed by atoms with Crippen LogP contribution in [0.25, 0.3) is 43.9 Å². The molecule has 0 radical (unpaired) electrons. The number of hydrogen-bond donors (Lipinski definition) is 0. The van der Waals surface area contributed by atoms with E-state index in [0.29, 0.717) is 0 Å². The van der Waals surface area contributed by atoms with Crippen LogP contribution in [0.1, 0.15) is 136 Å². The van der Waals surface area contributed by atoms with E-state index in [1.807, 2.05) is 0 Å². The van der Waals surface area contributed by atoms with Gasteiger partial charge in [-0.15, -0.1) is 0 Å². The first-order valence-electron chi connectivity index (χ1n) is 18.3. The molecule has 0 spiro atoms. The molecule has 0 unspecified atom stereocenters. The lowest BCUT2D eigenvalue weighted by molar-refractivity contribution is 0.567. The Labute approximate surface area is 261 Å². The molecular weight excluding hydrogens is 522 g/mol. The minimum Gasteiger partial charge on any atom is -0.337 e. The standard InChI is InChI=1S/C40H59N3/c1-4-7-10-13-16-23-30-41-35-28-21-19-26-33(35)37-39(41)40-38(43(37)32-25-18-15-12-9-6-3)34-27-20-22-29-36(34)42(40)31-24-17-14-11-8-5-2/h19-22,26-29H,4-18,23-25,30-32H2,1-3H3. The highest BCUT2D eigenvalue weighted by Crippen LogP contribution is 2.42. The van der Waals surface area contributed by atoms with Gasteiger partial charge in [0.05, 0.1) is 33.1 Å². The Hall–Kier alpha value is -2.68. The predicted molar refractivity (Wildman–Crippen MR) is 191 cm³/mol. The Morgan fingerprint density at radius 1 is 0.349 bits per heavy atom. The zero-order chi connectivity index (χ0) is 29.9. The van der Waals surface area contributed by atoms with Crippen molar-refractivity contribution in [1.29, 1.82) is 0 Å². The molecule has 0 aliphatic heterocycles. The molecule has 3 aromatic heterocycles. The van der Waals surface area contributed by atoms with Crippen molar-refractivity contribution in [3.05, 3.63) is 48.5 Å². The highest BCUT2D eigenvalue weighted by Gasteiger charge is 2.25. The summed E-state index contributed by atoms with van der Waals surface area (Å²) in [4.78, 5) is 0. The van der Waals surface area contributed by atoms with E-state index in [0.717, 1.165) is 19.6 Å². The second-order valence-electron chi connectivity index (χ2n) is 13.2. The van der Waals surface area contributed by atoms with Gasteiger partial charge >= 0.3 is 0 Å². The van der Waals surface area contributed by atoms with E-state index in [1.54, 1.807) is 0 Å². The molecule has 0 aliphatic rings. The third-order valence-corrected chi connectivity index (χ3v) is 9.86. The van der Waals surface area contributed by atoms with E-state index in [4.69, 9.17) is 0 Å². The molecule has 0 saturated heterocycles. The molecule has 3 heterocycles. The van der Waals surface area contributed by atoms with Gasteiger partial charge in [0.15, 0.2) is 0 Å². The molecule has 0 bridgehead atoms. The van der Waals surface area contributed by atoms with Crippen LogP contribution in [-0.4, -0.2) is 13.7 Å². The van der Waals surface area contributed by atoms with E-state index < -0.39 is 0 Å². The molecule has 5 aromatic rings. The number of aromatic nitrogens is 3. The highest BCUT2D eigenvalue weighted by molar-refractivity contribution is 6.23. The van der Waals surface area contributed by atoms with Crippen LogP contribution < -0.4 is 0 Å². The summed E-state index contributed by atoms with van der Waals surface area (Å²) in [5.74, 6) is 0. The molecule has 3 heteroatoms. The van der Waals surface area contributed by atoms with Crippen molar-refractivity contribution in [2.24, 2.45) is 0 Å². The van der Waals surface area contributed by atoms with Crippen LogP contribution in [0.15, 0.2) is 48.5 Å². The Morgan fingerprint density at radius 3 is 1.07 bits per heavy atom. The van der Waals surface area contributed by atoms with Gasteiger partial charge < -0.3 is 13.7 Å². The van der Waals surface area contributed by atoms with Crippen LogP contribution in [0.4, 0.5) is 0 Å². The summed E-state index contributed by atoms with van der Waals surface area (Å²) in [5, 5.41) is 2.89. The first kappa shape index (κ1) is 31.7. The predicted octanol–water partition coefficient (Wildman–Crippen LogP) is 12.8. The third-order valence-electron chi connectivity index (χ3n) is 9.86. The van der Waals surface area contributed by atoms with Crippen molar-refractivity contribution in [2.45, 2.75) is 156 Å². The number of hydrogen-bond acceptors (Lipinski definition) is 0. The van der Waals surface area contributed by atoms with Gasteiger partial charge in [-0.3, -0.25) is 0 Å². The fraction of sp³-hybridized carbons (Fsp3) is 0.600. The lowest BCUT2D eigenvalue weighted by Crippen LogP contribution is -2.01. The first-order valence-corrected chi connectivity index (χ1v) is 18.3. The fourth-order valence-electron chi connectivity index (χ4n) is 7.55. The van der Waals surface area contributed by atoms with Gasteiger partial charge in [-0.25, -0.2) is 0 Å². The number of nitrogens with zero attached hydrogens (tertiary/aromatic N) is 3. The van der Waals surface area contributed by atoms with Gasteiger partial charge in [0.2, 0.25) is 0 Å². The molecule has 0 amide bonds. The SMILES string of the molecule is CCCCCCCCn1c2ccccc2c2c1c1c(c3ccccc3n1CCCCCCCC)n2CCCCCCCC. The first-order chi connectivity index (χ1) is 21.3. The van der Waals surface area contributed by atoms with E-state index >= 15 is 0 Å². The van der Waals surface area contributed by atoms with Crippen LogP contribution in [0.3, 0.4) is 0 Å². The Kier molecular flexibility index (Phi) is 12.1. The summed E-state index contributed by atoms with van der Waals surface area (Å²) in [6.45, 7) is 10.3. The van der Waals surface area contributed by atoms with E-state index in [2.05, 4.69) is 83.0 Å². The summed E-state index contributed by atoms with van der Waals surface area (Å²) in [6.07, 6.45) is 24.1. The van der Waals surface area contributed by atoms with Crippen LogP contribution in [0, 0.1) is 0 Å². The molecule has 3 nitrogen and oxygen atoms in total. The smallest absolute Gasteiger partial charge is 0.0922 e. The van der Waals surface area contributed by atoms with Crippen molar-refractivity contribution < 1.29 is 0 Å². The number of aryl methyl sites for hydroxylation is 3. The quantitative estimate of drug-likeness (QED) is 0.0766. The number of unbranched alkanes of at least 4 members (excludes halogenated alkanes) is 15. The summed E-state index contributed by atoms with van der Waals surface area (Å²) in [6, 6.07) is 18.6. The van der Waals surface area contributed by atoms with E-state index in [1.165, 1.54) is 159 Å². The number of fused-ring (bicyclic) bond motifs is 7. The van der Waals surface area contributed by atoms with Crippen molar-refractivity contribution in [1.82, 2.24) is 13.7 Å². The molecule has 0 N–H and O–H groups in total. The minimum absolute atomic E-state index is 1.11. The van der Waals surface area contributed by atoms with Gasteiger partial charge in [0.25, 0.3) is 0 Å². The molecule has 0 atom stereocenters. The minimum atomic E-state index is 1.11. The van der Waals surface area contributed by atoms with Crippen LogP contribution in [0.5, 0.6) is 0 Å². The van der Waals surface area contributed by atoms with Crippen LogP contribution in [0.2, 0.25) is 0 Å². The van der Waals surface area contributed by atoms with Crippen molar-refractivity contribution >= 4 is 43.9 Å². The second-order valence-corrected chi connectivity index (χ2v) is 13.2. The van der Waals surface area contributed by atoms with Crippen molar-refractivity contribution in [3.8, 4) is 0 Å². The number of para-hydroxylation sites is 2. The third kappa shape index (κ3) is 7.18. The summed E-state index contributed by atoms with van der Waals surface area (Å²) in [7, 11) is 0. The van der Waals surface area contributed by atoms with Crippen LogP contribution >= 0.6 is 0 Å². The lowest BCUT2D eigenvalue weighted by Gasteiger charge is -2.10. The normalized spacial score (nSPS) is 12.2. The molecule has 0 fully saturated rings. The van der Waals surface area contributed by atoms with Crippen molar-refractivity contribution in [2.75, 3.05) is 0 Å². The maximum absolute atomic E-state index is 2.75. The zero-order valence-electron chi connectivity index (χ0n) is 27.8. The van der Waals surface area contributed by atoms with E-state index in [9.17, 15) is 0 Å². The molecular formula is C40H59N3. The van der Waals surface area contributed by atoms with Gasteiger partial charge in [-0.1, -0.05) is 153 Å². The van der Waals surface area contributed by atoms with E-state index in [-0.39, 0.29) is 0 Å². The maximum atomic E-state index is 2.75. The highest BCUT2D eigenvalue weighted by atomic mass is 15.1. The van der Waals surface area contributed by atoms with Crippen molar-refractivity contribution in [3.63, 3.8) is 0 Å². The summed E-state index contributed by atoms with van der Waals surface area (Å²) < 4.78 is 8.20. The molecule has 2 aromatic carbocycles. The maximum Gasteiger partial charge on any atom is 0.0922 e. The van der Waals surface area contributed by atoms with Gasteiger partial charge in [0, 0.05) is 30.4 Å². The average molecular weight is 582 g/mol. The topological polar surface area (TPSA) is 14.8 Å². The Morgan fingerprint density at radius 2 is 0.674 bits per heavy atom. The average Bonchev–Trinajstić information content (AvgIpc) is 3.64. The molecule has 0 aliphatic carbocycles. The fourth-order valence-corrected chi connectivity index (χ4v) is 7.55. The molecule has 0 saturated carbocycles. The molecule has 234 valence electrons. The molecule has 43 heavy (non-hydrogen) atoms. The summed E-state index contributed by atoms with van der Waals surface area (Å²) >= 11 is 0. The largest absolute Gasteiger partial charge is 0.337 e. The second kappa shape index (κ2) is 16.4. The summed E-state index contributed by atoms with van der Waals surface area (Å²) in [5.41, 5.74) is 8.83. The Bertz CT molecular complexity index is 1440. The zero-order valence-corrected chi connectivity index (χ0v) is 27.8. The number of benzene rings is 2.